The largest absolute Gasteiger partial charge is 0.416 e. The van der Waals surface area contributed by atoms with Crippen molar-refractivity contribution in [2.24, 2.45) is 11.8 Å². The van der Waals surface area contributed by atoms with Crippen LogP contribution >= 0.6 is 0 Å². The summed E-state index contributed by atoms with van der Waals surface area (Å²) in [6, 6.07) is 2.54. The SMILES string of the molecule is CN1Cc2c(cc(CN3CC4CC(C3)C4(F)F)cc2C(F)(F)F)C1=O. The lowest BCUT2D eigenvalue weighted by atomic mass is 9.67. The topological polar surface area (TPSA) is 23.6 Å². The first-order valence-corrected chi connectivity index (χ1v) is 8.16. The molecule has 0 spiro atoms. The Hall–Kier alpha value is -1.70. The van der Waals surface area contributed by atoms with Crippen molar-refractivity contribution < 1.29 is 26.7 Å². The van der Waals surface area contributed by atoms with Gasteiger partial charge in [0.25, 0.3) is 11.8 Å². The third-order valence-electron chi connectivity index (χ3n) is 5.61. The van der Waals surface area contributed by atoms with Crippen LogP contribution in [0, 0.1) is 11.8 Å². The lowest BCUT2D eigenvalue weighted by Crippen LogP contribution is -2.62. The van der Waals surface area contributed by atoms with E-state index in [4.69, 9.17) is 0 Å². The zero-order chi connectivity index (χ0) is 18.1. The van der Waals surface area contributed by atoms with Crippen LogP contribution in [0.4, 0.5) is 22.0 Å². The number of hydrogen-bond acceptors (Lipinski definition) is 2. The fourth-order valence-electron chi connectivity index (χ4n) is 4.26. The molecule has 1 saturated carbocycles. The molecule has 0 N–H and O–H groups in total. The Kier molecular flexibility index (Phi) is 3.45. The molecule has 2 bridgehead atoms. The van der Waals surface area contributed by atoms with Crippen LogP contribution in [0.1, 0.15) is 33.5 Å². The molecule has 3 nitrogen and oxygen atoms in total. The third-order valence-corrected chi connectivity index (χ3v) is 5.61. The molecule has 3 fully saturated rings. The van der Waals surface area contributed by atoms with E-state index in [1.165, 1.54) is 18.0 Å². The number of amides is 1. The van der Waals surface area contributed by atoms with Gasteiger partial charge in [0.1, 0.15) is 0 Å². The number of carbonyl (C=O) groups excluding carboxylic acids is 1. The smallest absolute Gasteiger partial charge is 0.337 e. The van der Waals surface area contributed by atoms with Crippen LogP contribution in [0.25, 0.3) is 0 Å². The van der Waals surface area contributed by atoms with Gasteiger partial charge in [0.05, 0.1) is 5.56 Å². The Morgan fingerprint density at radius 3 is 2.40 bits per heavy atom. The van der Waals surface area contributed by atoms with Crippen molar-refractivity contribution in [3.8, 4) is 0 Å². The van der Waals surface area contributed by atoms with Crippen LogP contribution < -0.4 is 0 Å². The van der Waals surface area contributed by atoms with Crippen LogP contribution in [0.2, 0.25) is 0 Å². The number of carbonyl (C=O) groups is 1. The first-order chi connectivity index (χ1) is 11.6. The summed E-state index contributed by atoms with van der Waals surface area (Å²) in [5, 5.41) is 0. The Labute approximate surface area is 141 Å². The highest BCUT2D eigenvalue weighted by Gasteiger charge is 2.60. The van der Waals surface area contributed by atoms with E-state index in [0.29, 0.717) is 12.0 Å². The number of alkyl halides is 5. The number of hydrogen-bond donors (Lipinski definition) is 0. The Morgan fingerprint density at radius 1 is 1.20 bits per heavy atom. The highest BCUT2D eigenvalue weighted by molar-refractivity contribution is 5.98. The predicted octanol–water partition coefficient (Wildman–Crippen LogP) is 3.38. The average molecular weight is 360 g/mol. The maximum absolute atomic E-state index is 13.6. The van der Waals surface area contributed by atoms with Crippen LogP contribution in [0.15, 0.2) is 12.1 Å². The molecule has 2 unspecified atom stereocenters. The molecule has 2 saturated heterocycles. The number of halogens is 5. The van der Waals surface area contributed by atoms with Gasteiger partial charge in [-0.25, -0.2) is 8.78 Å². The van der Waals surface area contributed by atoms with Gasteiger partial charge in [0, 0.05) is 50.6 Å². The highest BCUT2D eigenvalue weighted by atomic mass is 19.4. The molecule has 25 heavy (non-hydrogen) atoms. The quantitative estimate of drug-likeness (QED) is 0.755. The molecule has 1 aromatic rings. The second-order valence-electron chi connectivity index (χ2n) is 7.33. The van der Waals surface area contributed by atoms with E-state index in [1.807, 2.05) is 0 Å². The van der Waals surface area contributed by atoms with Crippen LogP contribution in [-0.2, 0) is 19.3 Å². The molecule has 1 amide bonds. The summed E-state index contributed by atoms with van der Waals surface area (Å²) in [4.78, 5) is 15.1. The van der Waals surface area contributed by atoms with Gasteiger partial charge in [-0.2, -0.15) is 13.2 Å². The van der Waals surface area contributed by atoms with Gasteiger partial charge in [-0.1, -0.05) is 0 Å². The summed E-state index contributed by atoms with van der Waals surface area (Å²) in [7, 11) is 1.46. The van der Waals surface area contributed by atoms with Crippen LogP contribution in [0.3, 0.4) is 0 Å². The number of nitrogens with zero attached hydrogens (tertiary/aromatic N) is 2. The summed E-state index contributed by atoms with van der Waals surface area (Å²) < 4.78 is 67.4. The second kappa shape index (κ2) is 5.16. The minimum atomic E-state index is -4.55. The van der Waals surface area contributed by atoms with E-state index in [1.54, 1.807) is 4.90 Å². The summed E-state index contributed by atoms with van der Waals surface area (Å²) in [6.45, 7) is 0.436. The van der Waals surface area contributed by atoms with Crippen molar-refractivity contribution in [1.29, 1.82) is 0 Å². The monoisotopic (exact) mass is 360 g/mol. The van der Waals surface area contributed by atoms with Gasteiger partial charge in [-0.3, -0.25) is 9.69 Å². The molecular weight excluding hydrogens is 343 g/mol. The van der Waals surface area contributed by atoms with Gasteiger partial charge in [0.2, 0.25) is 0 Å². The number of rotatable bonds is 2. The Bertz CT molecular complexity index is 731. The molecule has 2 atom stereocenters. The van der Waals surface area contributed by atoms with E-state index in [0.717, 1.165) is 6.07 Å². The van der Waals surface area contributed by atoms with Crippen molar-refractivity contribution in [3.05, 3.63) is 34.4 Å². The van der Waals surface area contributed by atoms with Gasteiger partial charge >= 0.3 is 6.18 Å². The summed E-state index contributed by atoms with van der Waals surface area (Å²) in [5.74, 6) is -4.51. The molecule has 0 radical (unpaired) electrons. The third kappa shape index (κ3) is 2.53. The first-order valence-electron chi connectivity index (χ1n) is 8.16. The molecule has 5 rings (SSSR count). The standard InChI is InChI=1S/C17H17F5N2O/c1-23-8-13-12(15(23)25)2-9(3-14(13)17(20,21)22)5-24-6-10-4-11(7-24)16(10,18)19/h2-3,10-11H,4-8H2,1H3. The molecule has 1 aromatic carbocycles. The fraction of sp³-hybridized carbons (Fsp3) is 0.588. The van der Waals surface area contributed by atoms with E-state index >= 15 is 0 Å². The van der Waals surface area contributed by atoms with Crippen molar-refractivity contribution in [3.63, 3.8) is 0 Å². The molecule has 3 heterocycles. The summed E-state index contributed by atoms with van der Waals surface area (Å²) >= 11 is 0. The summed E-state index contributed by atoms with van der Waals surface area (Å²) in [5.41, 5.74) is -0.388. The van der Waals surface area contributed by atoms with Crippen LogP contribution in [0.5, 0.6) is 0 Å². The van der Waals surface area contributed by atoms with E-state index in [2.05, 4.69) is 0 Å². The molecule has 8 heteroatoms. The molecule has 4 aliphatic rings. The van der Waals surface area contributed by atoms with Gasteiger partial charge < -0.3 is 4.90 Å². The molecule has 1 aliphatic carbocycles. The zero-order valence-electron chi connectivity index (χ0n) is 13.5. The lowest BCUT2D eigenvalue weighted by Gasteiger charge is -2.53. The highest BCUT2D eigenvalue weighted by Crippen LogP contribution is 2.52. The van der Waals surface area contributed by atoms with E-state index < -0.39 is 35.4 Å². The van der Waals surface area contributed by atoms with E-state index in [9.17, 15) is 26.7 Å². The maximum atomic E-state index is 13.6. The van der Waals surface area contributed by atoms with Crippen molar-refractivity contribution in [2.45, 2.75) is 31.6 Å². The van der Waals surface area contributed by atoms with Crippen molar-refractivity contribution in [2.75, 3.05) is 20.1 Å². The number of benzene rings is 1. The zero-order valence-corrected chi connectivity index (χ0v) is 13.5. The van der Waals surface area contributed by atoms with E-state index in [-0.39, 0.29) is 37.3 Å². The number of fused-ring (bicyclic) bond motifs is 3. The average Bonchev–Trinajstić information content (AvgIpc) is 2.81. The van der Waals surface area contributed by atoms with Gasteiger partial charge in [-0.05, 0) is 29.7 Å². The lowest BCUT2D eigenvalue weighted by molar-refractivity contribution is -0.227. The Balaban J connectivity index is 1.62. The first kappa shape index (κ1) is 16.8. The minimum absolute atomic E-state index is 0.00299. The molecule has 136 valence electrons. The maximum Gasteiger partial charge on any atom is 0.416 e. The molecular formula is C17H17F5N2O. The van der Waals surface area contributed by atoms with Gasteiger partial charge in [0.15, 0.2) is 0 Å². The molecule has 3 aliphatic heterocycles. The number of piperidine rings is 2. The minimum Gasteiger partial charge on any atom is -0.337 e. The normalized spacial score (nSPS) is 28.1. The summed E-state index contributed by atoms with van der Waals surface area (Å²) in [6.07, 6.45) is -4.08. The Morgan fingerprint density at radius 2 is 1.84 bits per heavy atom. The van der Waals surface area contributed by atoms with Crippen molar-refractivity contribution >= 4 is 5.91 Å². The second-order valence-corrected chi connectivity index (χ2v) is 7.33. The van der Waals surface area contributed by atoms with Crippen molar-refractivity contribution in [1.82, 2.24) is 9.80 Å². The molecule has 0 aromatic heterocycles. The predicted molar refractivity (Wildman–Crippen MR) is 79.1 cm³/mol. The van der Waals surface area contributed by atoms with Crippen LogP contribution in [-0.4, -0.2) is 41.8 Å². The fourth-order valence-corrected chi connectivity index (χ4v) is 4.26. The van der Waals surface area contributed by atoms with Gasteiger partial charge in [-0.15, -0.1) is 0 Å².